The van der Waals surface area contributed by atoms with Crippen molar-refractivity contribution in [2.24, 2.45) is 0 Å². The SMILES string of the molecule is COC(=O)C[C@H](NC(=O)OCC[Si](C)(C)C)c1ccc(C#N)cc1. The van der Waals surface area contributed by atoms with Crippen LogP contribution in [0.5, 0.6) is 0 Å². The van der Waals surface area contributed by atoms with Crippen LogP contribution in [-0.2, 0) is 14.3 Å². The number of esters is 1. The lowest BCUT2D eigenvalue weighted by molar-refractivity contribution is -0.141. The van der Waals surface area contributed by atoms with E-state index in [2.05, 4.69) is 29.7 Å². The van der Waals surface area contributed by atoms with E-state index >= 15 is 0 Å². The summed E-state index contributed by atoms with van der Waals surface area (Å²) in [5, 5.41) is 11.5. The highest BCUT2D eigenvalue weighted by molar-refractivity contribution is 6.76. The van der Waals surface area contributed by atoms with Crippen molar-refractivity contribution in [2.75, 3.05) is 13.7 Å². The first-order valence-corrected chi connectivity index (χ1v) is 11.5. The summed E-state index contributed by atoms with van der Waals surface area (Å²) in [5.41, 5.74) is 1.22. The van der Waals surface area contributed by atoms with Gasteiger partial charge in [0.25, 0.3) is 0 Å². The molecule has 24 heavy (non-hydrogen) atoms. The highest BCUT2D eigenvalue weighted by atomic mass is 28.3. The lowest BCUT2D eigenvalue weighted by atomic mass is 10.0. The van der Waals surface area contributed by atoms with E-state index in [4.69, 9.17) is 10.00 Å². The van der Waals surface area contributed by atoms with Crippen molar-refractivity contribution in [3.8, 4) is 6.07 Å². The quantitative estimate of drug-likeness (QED) is 0.604. The number of methoxy groups -OCH3 is 1. The molecule has 1 aromatic rings. The molecular weight excluding hydrogens is 324 g/mol. The average molecular weight is 348 g/mol. The Hall–Kier alpha value is -2.33. The minimum atomic E-state index is -1.28. The van der Waals surface area contributed by atoms with E-state index < -0.39 is 26.2 Å². The molecule has 0 fully saturated rings. The fourth-order valence-corrected chi connectivity index (χ4v) is 2.64. The normalized spacial score (nSPS) is 12.0. The van der Waals surface area contributed by atoms with E-state index in [9.17, 15) is 9.59 Å². The zero-order chi connectivity index (χ0) is 18.2. The fraction of sp³-hybridized carbons (Fsp3) is 0.471. The first kappa shape index (κ1) is 19.7. The molecule has 0 radical (unpaired) electrons. The summed E-state index contributed by atoms with van der Waals surface area (Å²) in [7, 11) is 0.0159. The first-order chi connectivity index (χ1) is 11.2. The molecule has 1 rings (SSSR count). The molecule has 0 unspecified atom stereocenters. The summed E-state index contributed by atoms with van der Waals surface area (Å²) in [4.78, 5) is 23.6. The Bertz CT molecular complexity index is 603. The van der Waals surface area contributed by atoms with Crippen LogP contribution in [-0.4, -0.2) is 33.9 Å². The Kier molecular flexibility index (Phi) is 7.46. The van der Waals surface area contributed by atoms with Crippen molar-refractivity contribution in [3.63, 3.8) is 0 Å². The van der Waals surface area contributed by atoms with Crippen molar-refractivity contribution < 1.29 is 19.1 Å². The summed E-state index contributed by atoms with van der Waals surface area (Å²) in [6.45, 7) is 6.96. The van der Waals surface area contributed by atoms with Crippen molar-refractivity contribution in [1.82, 2.24) is 5.32 Å². The highest BCUT2D eigenvalue weighted by Gasteiger charge is 2.20. The number of nitriles is 1. The molecule has 0 aromatic heterocycles. The maximum atomic E-state index is 12.0. The first-order valence-electron chi connectivity index (χ1n) is 7.75. The predicted molar refractivity (Wildman–Crippen MR) is 93.2 cm³/mol. The molecule has 0 heterocycles. The number of nitrogens with zero attached hydrogens (tertiary/aromatic N) is 1. The second-order valence-corrected chi connectivity index (χ2v) is 12.3. The minimum absolute atomic E-state index is 0.00841. The fourth-order valence-electron chi connectivity index (χ4n) is 1.93. The van der Waals surface area contributed by atoms with Gasteiger partial charge in [0, 0.05) is 8.07 Å². The number of carbonyl (C=O) groups excluding carboxylic acids is 2. The smallest absolute Gasteiger partial charge is 0.407 e. The molecule has 130 valence electrons. The zero-order valence-corrected chi connectivity index (χ0v) is 15.6. The van der Waals surface area contributed by atoms with Crippen molar-refractivity contribution >= 4 is 20.1 Å². The topological polar surface area (TPSA) is 88.4 Å². The van der Waals surface area contributed by atoms with Gasteiger partial charge in [-0.3, -0.25) is 4.79 Å². The molecule has 0 saturated heterocycles. The Balaban J connectivity index is 2.73. The predicted octanol–water partition coefficient (Wildman–Crippen LogP) is 3.23. The summed E-state index contributed by atoms with van der Waals surface area (Å²) in [6, 6.07) is 9.02. The van der Waals surface area contributed by atoms with E-state index in [1.165, 1.54) is 7.11 Å². The second kappa shape index (κ2) is 9.08. The number of rotatable bonds is 7. The number of alkyl carbamates (subject to hydrolysis) is 1. The van der Waals surface area contributed by atoms with Crippen LogP contribution >= 0.6 is 0 Å². The Morgan fingerprint density at radius 2 is 1.88 bits per heavy atom. The van der Waals surface area contributed by atoms with Crippen molar-refractivity contribution in [2.45, 2.75) is 38.1 Å². The number of nitrogens with one attached hydrogen (secondary N) is 1. The van der Waals surface area contributed by atoms with Gasteiger partial charge < -0.3 is 14.8 Å². The van der Waals surface area contributed by atoms with Gasteiger partial charge in [-0.25, -0.2) is 4.79 Å². The third kappa shape index (κ3) is 7.29. The van der Waals surface area contributed by atoms with Crippen LogP contribution in [0.3, 0.4) is 0 Å². The number of hydrogen-bond donors (Lipinski definition) is 1. The minimum Gasteiger partial charge on any atom is -0.469 e. The molecule has 0 saturated carbocycles. The lowest BCUT2D eigenvalue weighted by Gasteiger charge is -2.19. The van der Waals surface area contributed by atoms with Crippen molar-refractivity contribution in [3.05, 3.63) is 35.4 Å². The third-order valence-corrected chi connectivity index (χ3v) is 5.12. The van der Waals surface area contributed by atoms with Gasteiger partial charge in [0.1, 0.15) is 0 Å². The van der Waals surface area contributed by atoms with Gasteiger partial charge in [-0.05, 0) is 23.7 Å². The number of amides is 1. The Morgan fingerprint density at radius 1 is 1.25 bits per heavy atom. The molecule has 1 N–H and O–H groups in total. The highest BCUT2D eigenvalue weighted by Crippen LogP contribution is 2.18. The van der Waals surface area contributed by atoms with Crippen LogP contribution in [0.15, 0.2) is 24.3 Å². The summed E-state index contributed by atoms with van der Waals surface area (Å²) < 4.78 is 9.89. The lowest BCUT2D eigenvalue weighted by Crippen LogP contribution is -2.32. The van der Waals surface area contributed by atoms with Gasteiger partial charge in [-0.1, -0.05) is 31.8 Å². The summed E-state index contributed by atoms with van der Waals surface area (Å²) in [6.07, 6.45) is -0.572. The second-order valence-electron chi connectivity index (χ2n) is 6.66. The molecule has 1 aromatic carbocycles. The van der Waals surface area contributed by atoms with E-state index in [0.717, 1.165) is 6.04 Å². The summed E-state index contributed by atoms with van der Waals surface area (Å²) in [5.74, 6) is -0.438. The maximum Gasteiger partial charge on any atom is 0.407 e. The molecule has 0 aliphatic carbocycles. The van der Waals surface area contributed by atoms with Crippen LogP contribution < -0.4 is 5.32 Å². The van der Waals surface area contributed by atoms with Crippen LogP contribution in [0.1, 0.15) is 23.6 Å². The van der Waals surface area contributed by atoms with Gasteiger partial charge in [0.05, 0.1) is 37.8 Å². The molecule has 1 atom stereocenters. The molecule has 1 amide bonds. The number of carbonyl (C=O) groups is 2. The van der Waals surface area contributed by atoms with E-state index in [-0.39, 0.29) is 6.42 Å². The van der Waals surface area contributed by atoms with Gasteiger partial charge in [0.15, 0.2) is 0 Å². The third-order valence-electron chi connectivity index (χ3n) is 3.42. The standard InChI is InChI=1S/C17H24N2O4Si/c1-22-16(20)11-15(14-7-5-13(12-18)6-8-14)19-17(21)23-9-10-24(2,3)4/h5-8,15H,9-11H2,1-4H3,(H,19,21)/t15-/m0/s1. The zero-order valence-electron chi connectivity index (χ0n) is 14.6. The Morgan fingerprint density at radius 3 is 2.38 bits per heavy atom. The molecule has 0 aliphatic rings. The van der Waals surface area contributed by atoms with Crippen LogP contribution in [0.25, 0.3) is 0 Å². The number of benzene rings is 1. The van der Waals surface area contributed by atoms with Gasteiger partial charge in [-0.2, -0.15) is 5.26 Å². The summed E-state index contributed by atoms with van der Waals surface area (Å²) >= 11 is 0. The van der Waals surface area contributed by atoms with E-state index in [0.29, 0.717) is 17.7 Å². The molecule has 0 bridgehead atoms. The number of hydrogen-bond acceptors (Lipinski definition) is 5. The molecule has 7 heteroatoms. The van der Waals surface area contributed by atoms with Gasteiger partial charge >= 0.3 is 12.1 Å². The van der Waals surface area contributed by atoms with Gasteiger partial charge in [0.2, 0.25) is 0 Å². The Labute approximate surface area is 143 Å². The van der Waals surface area contributed by atoms with Crippen LogP contribution in [0.2, 0.25) is 25.7 Å². The van der Waals surface area contributed by atoms with E-state index in [1.54, 1.807) is 24.3 Å². The molecule has 6 nitrogen and oxygen atoms in total. The number of ether oxygens (including phenoxy) is 2. The average Bonchev–Trinajstić information content (AvgIpc) is 2.53. The monoisotopic (exact) mass is 348 g/mol. The van der Waals surface area contributed by atoms with Crippen LogP contribution in [0.4, 0.5) is 4.79 Å². The molecule has 0 aliphatic heterocycles. The maximum absolute atomic E-state index is 12.0. The molecule has 0 spiro atoms. The largest absolute Gasteiger partial charge is 0.469 e. The van der Waals surface area contributed by atoms with Crippen molar-refractivity contribution in [1.29, 1.82) is 5.26 Å². The van der Waals surface area contributed by atoms with Crippen LogP contribution in [0, 0.1) is 11.3 Å². The molecular formula is C17H24N2O4Si. The van der Waals surface area contributed by atoms with E-state index in [1.807, 2.05) is 6.07 Å². The van der Waals surface area contributed by atoms with Gasteiger partial charge in [-0.15, -0.1) is 0 Å².